The predicted octanol–water partition coefficient (Wildman–Crippen LogP) is 8.69. The molecule has 2 heterocycles. The number of nitrogens with zero attached hydrogens (tertiary/aromatic N) is 5. The average Bonchev–Trinajstić information content (AvgIpc) is 3.03. The van der Waals surface area contributed by atoms with Gasteiger partial charge in [0.25, 0.3) is 0 Å². The maximum atomic E-state index is 4.96. The lowest BCUT2D eigenvalue weighted by Gasteiger charge is -2.14. The van der Waals surface area contributed by atoms with Crippen LogP contribution in [0.2, 0.25) is 0 Å². The molecular formula is C36H29N5. The molecule has 0 N–H and O–H groups in total. The summed E-state index contributed by atoms with van der Waals surface area (Å²) < 4.78 is 0. The summed E-state index contributed by atoms with van der Waals surface area (Å²) in [5, 5.41) is 0. The summed E-state index contributed by atoms with van der Waals surface area (Å²) in [7, 11) is 0. The number of hydrogen-bond acceptors (Lipinski definition) is 5. The Morgan fingerprint density at radius 1 is 0.561 bits per heavy atom. The quantitative estimate of drug-likeness (QED) is 0.202. The molecule has 41 heavy (non-hydrogen) atoms. The first kappa shape index (κ1) is 26.0. The zero-order valence-electron chi connectivity index (χ0n) is 23.3. The molecule has 0 aliphatic heterocycles. The van der Waals surface area contributed by atoms with Crippen LogP contribution in [0, 0.1) is 13.8 Å². The Hall–Kier alpha value is -5.29. The molecule has 0 unspecified atom stereocenters. The molecule has 0 fully saturated rings. The molecule has 0 amide bonds. The van der Waals surface area contributed by atoms with Gasteiger partial charge in [0, 0.05) is 39.7 Å². The van der Waals surface area contributed by atoms with Gasteiger partial charge in [0.2, 0.25) is 0 Å². The van der Waals surface area contributed by atoms with Gasteiger partial charge < -0.3 is 0 Å². The molecule has 0 bridgehead atoms. The number of pyridine rings is 1. The zero-order valence-corrected chi connectivity index (χ0v) is 23.3. The molecule has 0 aliphatic carbocycles. The number of rotatable bonds is 6. The second kappa shape index (κ2) is 11.4. The maximum absolute atomic E-state index is 4.96. The lowest BCUT2D eigenvalue weighted by atomic mass is 9.96. The van der Waals surface area contributed by atoms with Crippen molar-refractivity contribution in [2.45, 2.75) is 20.8 Å². The van der Waals surface area contributed by atoms with Crippen molar-refractivity contribution in [1.82, 2.24) is 19.9 Å². The molecule has 4 aromatic carbocycles. The minimum Gasteiger partial charge on any atom is -0.256 e. The van der Waals surface area contributed by atoms with Crippen LogP contribution in [0.1, 0.15) is 23.6 Å². The predicted molar refractivity (Wildman–Crippen MR) is 167 cm³/mol. The summed E-state index contributed by atoms with van der Waals surface area (Å²) in [6.07, 6.45) is 1.83. The van der Waals surface area contributed by atoms with Crippen molar-refractivity contribution in [3.8, 4) is 45.4 Å². The van der Waals surface area contributed by atoms with Gasteiger partial charge in [-0.25, -0.2) is 15.0 Å². The normalized spacial score (nSPS) is 11.4. The maximum Gasteiger partial charge on any atom is 0.164 e. The van der Waals surface area contributed by atoms with E-state index in [1.807, 2.05) is 98.0 Å². The van der Waals surface area contributed by atoms with Gasteiger partial charge in [0.15, 0.2) is 17.5 Å². The lowest BCUT2D eigenvalue weighted by molar-refractivity contribution is 1.07. The number of aryl methyl sites for hydroxylation is 2. The van der Waals surface area contributed by atoms with Gasteiger partial charge in [-0.1, -0.05) is 91.0 Å². The second-order valence-electron chi connectivity index (χ2n) is 9.95. The van der Waals surface area contributed by atoms with E-state index >= 15 is 0 Å². The van der Waals surface area contributed by atoms with Gasteiger partial charge in [-0.15, -0.1) is 0 Å². The highest BCUT2D eigenvalue weighted by molar-refractivity contribution is 6.05. The summed E-state index contributed by atoms with van der Waals surface area (Å²) in [6, 6.07) is 38.5. The summed E-state index contributed by atoms with van der Waals surface area (Å²) in [6.45, 7) is 6.21. The smallest absolute Gasteiger partial charge is 0.164 e. The SMILES string of the molecule is C/C(=N\c1ccccc1C)c1cccnc1-c1cc(-c2nc(-c3ccccc3)nc(-c3ccccc3)n2)ccc1C. The van der Waals surface area contributed by atoms with Crippen LogP contribution in [-0.2, 0) is 0 Å². The van der Waals surface area contributed by atoms with E-state index in [9.17, 15) is 0 Å². The highest BCUT2D eigenvalue weighted by atomic mass is 15.0. The van der Waals surface area contributed by atoms with Crippen LogP contribution < -0.4 is 0 Å². The van der Waals surface area contributed by atoms with Crippen LogP contribution in [-0.4, -0.2) is 25.6 Å². The summed E-state index contributed by atoms with van der Waals surface area (Å²) >= 11 is 0. The van der Waals surface area contributed by atoms with Gasteiger partial charge in [0.1, 0.15) is 0 Å². The summed E-state index contributed by atoms with van der Waals surface area (Å²) in [5.74, 6) is 1.88. The fraction of sp³-hybridized carbons (Fsp3) is 0.0833. The molecular weight excluding hydrogens is 502 g/mol. The zero-order chi connectivity index (χ0) is 28.2. The Balaban J connectivity index is 1.48. The van der Waals surface area contributed by atoms with Crippen LogP contribution in [0.25, 0.3) is 45.4 Å². The van der Waals surface area contributed by atoms with Crippen LogP contribution in [0.15, 0.2) is 126 Å². The summed E-state index contributed by atoms with van der Waals surface area (Å²) in [4.78, 5) is 24.5. The third kappa shape index (κ3) is 5.56. The number of aliphatic imine (C=N–C) groups is 1. The fourth-order valence-corrected chi connectivity index (χ4v) is 4.80. The molecule has 5 heteroatoms. The van der Waals surface area contributed by atoms with E-state index in [-0.39, 0.29) is 0 Å². The van der Waals surface area contributed by atoms with Crippen LogP contribution >= 0.6 is 0 Å². The fourth-order valence-electron chi connectivity index (χ4n) is 4.80. The van der Waals surface area contributed by atoms with E-state index in [2.05, 4.69) is 44.2 Å². The Kier molecular flexibility index (Phi) is 7.25. The van der Waals surface area contributed by atoms with Crippen molar-refractivity contribution < 1.29 is 0 Å². The van der Waals surface area contributed by atoms with Crippen molar-refractivity contribution in [3.63, 3.8) is 0 Å². The van der Waals surface area contributed by atoms with Crippen molar-refractivity contribution in [2.24, 2.45) is 4.99 Å². The number of benzene rings is 4. The van der Waals surface area contributed by atoms with Gasteiger partial charge >= 0.3 is 0 Å². The highest BCUT2D eigenvalue weighted by Crippen LogP contribution is 2.32. The Morgan fingerprint density at radius 3 is 1.78 bits per heavy atom. The van der Waals surface area contributed by atoms with Crippen molar-refractivity contribution in [2.75, 3.05) is 0 Å². The van der Waals surface area contributed by atoms with E-state index in [1.165, 1.54) is 0 Å². The molecule has 0 spiro atoms. The molecule has 0 radical (unpaired) electrons. The van der Waals surface area contributed by atoms with E-state index in [4.69, 9.17) is 24.9 Å². The van der Waals surface area contributed by atoms with Crippen molar-refractivity contribution >= 4 is 11.4 Å². The molecule has 198 valence electrons. The Morgan fingerprint density at radius 2 is 1.15 bits per heavy atom. The lowest BCUT2D eigenvalue weighted by Crippen LogP contribution is -2.02. The molecule has 0 saturated carbocycles. The Labute approximate surface area is 240 Å². The van der Waals surface area contributed by atoms with Crippen LogP contribution in [0.3, 0.4) is 0 Å². The first-order valence-corrected chi connectivity index (χ1v) is 13.6. The van der Waals surface area contributed by atoms with Gasteiger partial charge in [0.05, 0.1) is 11.4 Å². The standard InChI is InChI=1S/C36H29N5/c1-24-20-21-29(23-31(24)33-30(18-12-22-37-33)26(3)38-32-19-11-10-13-25(32)2)36-40-34(27-14-6-4-7-15-27)39-35(41-36)28-16-8-5-9-17-28/h4-23H,1-3H3/b38-26+. The molecule has 0 saturated heterocycles. The third-order valence-corrected chi connectivity index (χ3v) is 7.05. The van der Waals surface area contributed by atoms with Gasteiger partial charge in [-0.3, -0.25) is 9.98 Å². The number of para-hydroxylation sites is 1. The minimum atomic E-state index is 0.613. The van der Waals surface area contributed by atoms with E-state index in [1.54, 1.807) is 0 Å². The molecule has 2 aromatic heterocycles. The van der Waals surface area contributed by atoms with Gasteiger partial charge in [-0.05, 0) is 56.2 Å². The van der Waals surface area contributed by atoms with Crippen LogP contribution in [0.5, 0.6) is 0 Å². The van der Waals surface area contributed by atoms with Crippen molar-refractivity contribution in [3.05, 3.63) is 138 Å². The van der Waals surface area contributed by atoms with Crippen molar-refractivity contribution in [1.29, 1.82) is 0 Å². The molecule has 0 atom stereocenters. The minimum absolute atomic E-state index is 0.613. The molecule has 5 nitrogen and oxygen atoms in total. The average molecular weight is 532 g/mol. The summed E-state index contributed by atoms with van der Waals surface area (Å²) in [5.41, 5.74) is 9.76. The highest BCUT2D eigenvalue weighted by Gasteiger charge is 2.16. The second-order valence-corrected chi connectivity index (χ2v) is 9.95. The van der Waals surface area contributed by atoms with Crippen LogP contribution in [0.4, 0.5) is 5.69 Å². The topological polar surface area (TPSA) is 63.9 Å². The van der Waals surface area contributed by atoms with E-state index in [0.717, 1.165) is 56.0 Å². The number of aromatic nitrogens is 4. The van der Waals surface area contributed by atoms with E-state index < -0.39 is 0 Å². The molecule has 6 aromatic rings. The largest absolute Gasteiger partial charge is 0.256 e. The molecule has 0 aliphatic rings. The first-order valence-electron chi connectivity index (χ1n) is 13.6. The Bertz CT molecular complexity index is 1800. The first-order chi connectivity index (χ1) is 20.1. The number of hydrogen-bond donors (Lipinski definition) is 0. The monoisotopic (exact) mass is 531 g/mol. The molecule has 6 rings (SSSR count). The third-order valence-electron chi connectivity index (χ3n) is 7.05. The van der Waals surface area contributed by atoms with E-state index in [0.29, 0.717) is 17.5 Å². The van der Waals surface area contributed by atoms with Gasteiger partial charge in [-0.2, -0.15) is 0 Å².